The number of rotatable bonds is 4. The fourth-order valence-electron chi connectivity index (χ4n) is 2.51. The number of nitrogens with one attached hydrogen (secondary N) is 1. The molecule has 2 nitrogen and oxygen atoms in total. The minimum Gasteiger partial charge on any atom is -0.493 e. The van der Waals surface area contributed by atoms with Crippen LogP contribution in [0, 0.1) is 0 Å². The van der Waals surface area contributed by atoms with E-state index in [1.54, 1.807) is 0 Å². The molecule has 0 saturated heterocycles. The van der Waals surface area contributed by atoms with Crippen molar-refractivity contribution in [2.75, 3.05) is 6.61 Å². The Kier molecular flexibility index (Phi) is 3.95. The van der Waals surface area contributed by atoms with Gasteiger partial charge in [-0.3, -0.25) is 0 Å². The molecule has 0 bridgehead atoms. The molecule has 0 amide bonds. The predicted molar refractivity (Wildman–Crippen MR) is 82.3 cm³/mol. The van der Waals surface area contributed by atoms with E-state index in [0.29, 0.717) is 0 Å². The molecule has 104 valence electrons. The van der Waals surface area contributed by atoms with E-state index in [1.165, 1.54) is 16.7 Å². The van der Waals surface area contributed by atoms with E-state index in [0.717, 1.165) is 30.3 Å². The predicted octanol–water partition coefficient (Wildman–Crippen LogP) is 4.13. The molecule has 0 aliphatic carbocycles. The second-order valence-electron chi connectivity index (χ2n) is 5.20. The first-order chi connectivity index (χ1) is 9.72. The van der Waals surface area contributed by atoms with Crippen molar-refractivity contribution in [1.82, 2.24) is 5.32 Å². The quantitative estimate of drug-likeness (QED) is 0.913. The zero-order valence-corrected chi connectivity index (χ0v) is 12.3. The van der Waals surface area contributed by atoms with E-state index in [9.17, 15) is 0 Å². The summed E-state index contributed by atoms with van der Waals surface area (Å²) in [5.41, 5.74) is 3.82. The molecular weight excluding hydrogens is 270 g/mol. The average Bonchev–Trinajstić information content (AvgIpc) is 2.92. The Morgan fingerprint density at radius 2 is 2.15 bits per heavy atom. The van der Waals surface area contributed by atoms with Crippen LogP contribution >= 0.6 is 11.6 Å². The number of hydrogen-bond acceptors (Lipinski definition) is 2. The van der Waals surface area contributed by atoms with E-state index < -0.39 is 0 Å². The molecule has 1 aliphatic rings. The molecule has 0 saturated carbocycles. The van der Waals surface area contributed by atoms with Gasteiger partial charge in [-0.1, -0.05) is 35.9 Å². The van der Waals surface area contributed by atoms with E-state index >= 15 is 0 Å². The molecule has 2 aromatic carbocycles. The minimum absolute atomic E-state index is 0.276. The largest absolute Gasteiger partial charge is 0.493 e. The van der Waals surface area contributed by atoms with Gasteiger partial charge in [-0.2, -0.15) is 0 Å². The van der Waals surface area contributed by atoms with Gasteiger partial charge in [0, 0.05) is 24.0 Å². The van der Waals surface area contributed by atoms with Gasteiger partial charge < -0.3 is 10.1 Å². The second-order valence-corrected chi connectivity index (χ2v) is 5.63. The number of fused-ring (bicyclic) bond motifs is 1. The molecule has 0 radical (unpaired) electrons. The van der Waals surface area contributed by atoms with Gasteiger partial charge in [-0.25, -0.2) is 0 Å². The van der Waals surface area contributed by atoms with Gasteiger partial charge in [0.25, 0.3) is 0 Å². The van der Waals surface area contributed by atoms with Crippen molar-refractivity contribution < 1.29 is 4.74 Å². The molecule has 1 N–H and O–H groups in total. The Balaban J connectivity index is 1.64. The Morgan fingerprint density at radius 1 is 1.25 bits per heavy atom. The normalized spacial score (nSPS) is 14.7. The van der Waals surface area contributed by atoms with E-state index in [-0.39, 0.29) is 6.04 Å². The van der Waals surface area contributed by atoms with Crippen molar-refractivity contribution >= 4 is 11.6 Å². The second kappa shape index (κ2) is 5.86. The lowest BCUT2D eigenvalue weighted by molar-refractivity contribution is 0.357. The summed E-state index contributed by atoms with van der Waals surface area (Å²) in [6, 6.07) is 14.7. The van der Waals surface area contributed by atoms with Crippen molar-refractivity contribution in [2.45, 2.75) is 25.9 Å². The molecule has 0 fully saturated rings. The summed E-state index contributed by atoms with van der Waals surface area (Å²) in [7, 11) is 0. The lowest BCUT2D eigenvalue weighted by atomic mass is 10.1. The highest BCUT2D eigenvalue weighted by Gasteiger charge is 2.12. The summed E-state index contributed by atoms with van der Waals surface area (Å²) in [6.07, 6.45) is 1.02. The minimum atomic E-state index is 0.276. The van der Waals surface area contributed by atoms with Crippen LogP contribution in [0.1, 0.15) is 29.7 Å². The molecular formula is C17H18ClNO. The number of ether oxygens (including phenoxy) is 1. The zero-order valence-electron chi connectivity index (χ0n) is 11.5. The third-order valence-electron chi connectivity index (χ3n) is 3.71. The number of benzene rings is 2. The van der Waals surface area contributed by atoms with E-state index in [2.05, 4.69) is 36.5 Å². The Hall–Kier alpha value is -1.51. The molecule has 1 heterocycles. The fourth-order valence-corrected chi connectivity index (χ4v) is 2.71. The van der Waals surface area contributed by atoms with Crippen LogP contribution in [0.25, 0.3) is 0 Å². The molecule has 0 spiro atoms. The van der Waals surface area contributed by atoms with Crippen LogP contribution in [-0.2, 0) is 13.0 Å². The Morgan fingerprint density at radius 3 is 3.00 bits per heavy atom. The summed E-state index contributed by atoms with van der Waals surface area (Å²) in [6.45, 7) is 3.81. The molecule has 0 aromatic heterocycles. The average molecular weight is 288 g/mol. The summed E-state index contributed by atoms with van der Waals surface area (Å²) in [5.74, 6) is 1.04. The van der Waals surface area contributed by atoms with Gasteiger partial charge in [0.05, 0.1) is 6.61 Å². The third-order valence-corrected chi connectivity index (χ3v) is 3.95. The first-order valence-corrected chi connectivity index (χ1v) is 7.33. The Labute approximate surface area is 124 Å². The highest BCUT2D eigenvalue weighted by atomic mass is 35.5. The zero-order chi connectivity index (χ0) is 13.9. The van der Waals surface area contributed by atoms with Gasteiger partial charge in [-0.15, -0.1) is 0 Å². The highest BCUT2D eigenvalue weighted by Crippen LogP contribution is 2.26. The lowest BCUT2D eigenvalue weighted by Gasteiger charge is -2.15. The molecule has 1 aliphatic heterocycles. The van der Waals surface area contributed by atoms with Gasteiger partial charge in [0.2, 0.25) is 0 Å². The van der Waals surface area contributed by atoms with Crippen LogP contribution in [0.15, 0.2) is 42.5 Å². The van der Waals surface area contributed by atoms with Crippen LogP contribution in [0.2, 0.25) is 5.02 Å². The number of hydrogen-bond donors (Lipinski definition) is 1. The van der Waals surface area contributed by atoms with Crippen molar-refractivity contribution in [1.29, 1.82) is 0 Å². The molecule has 20 heavy (non-hydrogen) atoms. The van der Waals surface area contributed by atoms with Crippen LogP contribution in [-0.4, -0.2) is 6.61 Å². The summed E-state index contributed by atoms with van der Waals surface area (Å²) in [4.78, 5) is 0. The third kappa shape index (κ3) is 2.97. The maximum Gasteiger partial charge on any atom is 0.122 e. The van der Waals surface area contributed by atoms with Gasteiger partial charge in [0.15, 0.2) is 0 Å². The van der Waals surface area contributed by atoms with Gasteiger partial charge in [0.1, 0.15) is 5.75 Å². The highest BCUT2D eigenvalue weighted by molar-refractivity contribution is 6.30. The van der Waals surface area contributed by atoms with Crippen molar-refractivity contribution in [3.05, 3.63) is 64.2 Å². The summed E-state index contributed by atoms with van der Waals surface area (Å²) >= 11 is 6.03. The van der Waals surface area contributed by atoms with Crippen LogP contribution in [0.4, 0.5) is 0 Å². The van der Waals surface area contributed by atoms with Gasteiger partial charge in [-0.05, 0) is 41.8 Å². The first kappa shape index (κ1) is 13.5. The monoisotopic (exact) mass is 287 g/mol. The molecule has 3 rings (SSSR count). The first-order valence-electron chi connectivity index (χ1n) is 6.96. The Bertz CT molecular complexity index is 612. The van der Waals surface area contributed by atoms with Crippen molar-refractivity contribution in [3.8, 4) is 5.75 Å². The SMILES string of the molecule is C[C@H](NCc1ccc2c(c1)CCO2)c1cccc(Cl)c1. The van der Waals surface area contributed by atoms with E-state index in [1.807, 2.05) is 18.2 Å². The topological polar surface area (TPSA) is 21.3 Å². The molecule has 3 heteroatoms. The van der Waals surface area contributed by atoms with Crippen LogP contribution in [0.5, 0.6) is 5.75 Å². The van der Waals surface area contributed by atoms with Crippen LogP contribution < -0.4 is 10.1 Å². The van der Waals surface area contributed by atoms with Gasteiger partial charge >= 0.3 is 0 Å². The fraction of sp³-hybridized carbons (Fsp3) is 0.294. The van der Waals surface area contributed by atoms with Crippen molar-refractivity contribution in [3.63, 3.8) is 0 Å². The van der Waals surface area contributed by atoms with Crippen LogP contribution in [0.3, 0.4) is 0 Å². The lowest BCUT2D eigenvalue weighted by Crippen LogP contribution is -2.18. The smallest absolute Gasteiger partial charge is 0.122 e. The maximum atomic E-state index is 6.03. The maximum absolute atomic E-state index is 6.03. The van der Waals surface area contributed by atoms with Crippen molar-refractivity contribution in [2.24, 2.45) is 0 Å². The summed E-state index contributed by atoms with van der Waals surface area (Å²) in [5, 5.41) is 4.32. The molecule has 2 aromatic rings. The van der Waals surface area contributed by atoms with E-state index in [4.69, 9.17) is 16.3 Å². The molecule has 1 atom stereocenters. The number of halogens is 1. The molecule has 0 unspecified atom stereocenters. The standard InChI is InChI=1S/C17H18ClNO/c1-12(14-3-2-4-16(18)10-14)19-11-13-5-6-17-15(9-13)7-8-20-17/h2-6,9-10,12,19H,7-8,11H2,1H3/t12-/m0/s1. The summed E-state index contributed by atoms with van der Waals surface area (Å²) < 4.78 is 5.53.